The van der Waals surface area contributed by atoms with E-state index in [1.54, 1.807) is 6.92 Å². The summed E-state index contributed by atoms with van der Waals surface area (Å²) in [5.74, 6) is 1.65. The molecule has 1 amide bonds. The van der Waals surface area contributed by atoms with Gasteiger partial charge in [0.15, 0.2) is 0 Å². The highest BCUT2D eigenvalue weighted by atomic mass is 16.2. The Bertz CT molecular complexity index is 659. The molecule has 0 radical (unpaired) electrons. The zero-order chi connectivity index (χ0) is 15.0. The van der Waals surface area contributed by atoms with Gasteiger partial charge in [-0.15, -0.1) is 0 Å². The minimum atomic E-state index is 0.173. The smallest absolute Gasteiger partial charge is 0.219 e. The lowest BCUT2D eigenvalue weighted by atomic mass is 9.97. The van der Waals surface area contributed by atoms with Crippen molar-refractivity contribution in [3.8, 4) is 0 Å². The van der Waals surface area contributed by atoms with Crippen LogP contribution in [0.2, 0.25) is 0 Å². The van der Waals surface area contributed by atoms with Crippen molar-refractivity contribution in [3.05, 3.63) is 30.1 Å². The van der Waals surface area contributed by atoms with Crippen LogP contribution in [0.15, 0.2) is 24.3 Å². The Hall–Kier alpha value is -1.84. The van der Waals surface area contributed by atoms with Gasteiger partial charge in [0.05, 0.1) is 11.0 Å². The number of carbonyl (C=O) groups is 1. The van der Waals surface area contributed by atoms with E-state index in [1.807, 2.05) is 11.0 Å². The zero-order valence-corrected chi connectivity index (χ0v) is 13.0. The molecular weight excluding hydrogens is 262 g/mol. The Morgan fingerprint density at radius 1 is 1.33 bits per heavy atom. The number of benzene rings is 1. The molecule has 1 aliphatic rings. The number of imidazole rings is 1. The monoisotopic (exact) mass is 285 g/mol. The Balaban J connectivity index is 2.03. The summed E-state index contributed by atoms with van der Waals surface area (Å²) in [4.78, 5) is 18.5. The summed E-state index contributed by atoms with van der Waals surface area (Å²) >= 11 is 0. The fraction of sp³-hybridized carbons (Fsp3) is 0.529. The van der Waals surface area contributed by atoms with Gasteiger partial charge in [-0.2, -0.15) is 0 Å². The molecule has 1 aliphatic heterocycles. The first-order valence-corrected chi connectivity index (χ1v) is 7.80. The largest absolute Gasteiger partial charge is 0.342 e. The maximum atomic E-state index is 11.7. The van der Waals surface area contributed by atoms with E-state index in [4.69, 9.17) is 4.98 Å². The molecule has 0 N–H and O–H groups in total. The molecule has 1 atom stereocenters. The number of carbonyl (C=O) groups excluding carboxylic acids is 1. The van der Waals surface area contributed by atoms with Gasteiger partial charge in [0.1, 0.15) is 5.82 Å². The summed E-state index contributed by atoms with van der Waals surface area (Å²) < 4.78 is 2.34. The van der Waals surface area contributed by atoms with Crippen molar-refractivity contribution >= 4 is 16.9 Å². The SMILES string of the molecule is CC(=O)N1CCCC(c2nc3ccccc3n2C(C)C)C1. The molecule has 2 aromatic rings. The van der Waals surface area contributed by atoms with Crippen molar-refractivity contribution in [2.24, 2.45) is 0 Å². The van der Waals surface area contributed by atoms with Crippen LogP contribution in [-0.2, 0) is 4.79 Å². The van der Waals surface area contributed by atoms with Crippen LogP contribution in [0.25, 0.3) is 11.0 Å². The lowest BCUT2D eigenvalue weighted by Crippen LogP contribution is -2.38. The van der Waals surface area contributed by atoms with Crippen LogP contribution in [-0.4, -0.2) is 33.4 Å². The van der Waals surface area contributed by atoms with Crippen LogP contribution < -0.4 is 0 Å². The summed E-state index contributed by atoms with van der Waals surface area (Å²) in [6.07, 6.45) is 2.17. The number of likely N-dealkylation sites (tertiary alicyclic amines) is 1. The molecule has 2 heterocycles. The third-order valence-corrected chi connectivity index (χ3v) is 4.37. The van der Waals surface area contributed by atoms with E-state index in [0.29, 0.717) is 12.0 Å². The lowest BCUT2D eigenvalue weighted by molar-refractivity contribution is -0.130. The van der Waals surface area contributed by atoms with Gasteiger partial charge >= 0.3 is 0 Å². The number of rotatable bonds is 2. The molecule has 112 valence electrons. The molecule has 3 rings (SSSR count). The minimum Gasteiger partial charge on any atom is -0.342 e. The highest BCUT2D eigenvalue weighted by molar-refractivity contribution is 5.76. The standard InChI is InChI=1S/C17H23N3O/c1-12(2)20-16-9-5-4-8-15(16)18-17(20)14-7-6-10-19(11-14)13(3)21/h4-5,8-9,12,14H,6-7,10-11H2,1-3H3. The quantitative estimate of drug-likeness (QED) is 0.848. The second kappa shape index (κ2) is 5.51. The first kappa shape index (κ1) is 14.1. The molecule has 1 saturated heterocycles. The molecule has 4 heteroatoms. The maximum absolute atomic E-state index is 11.7. The van der Waals surface area contributed by atoms with Gasteiger partial charge in [0.2, 0.25) is 5.91 Å². The van der Waals surface area contributed by atoms with Crippen LogP contribution in [0.1, 0.15) is 51.4 Å². The van der Waals surface area contributed by atoms with Crippen molar-refractivity contribution in [1.82, 2.24) is 14.5 Å². The average molecular weight is 285 g/mol. The van der Waals surface area contributed by atoms with Crippen molar-refractivity contribution in [2.75, 3.05) is 13.1 Å². The van der Waals surface area contributed by atoms with E-state index in [9.17, 15) is 4.79 Å². The summed E-state index contributed by atoms with van der Waals surface area (Å²) in [7, 11) is 0. The van der Waals surface area contributed by atoms with E-state index < -0.39 is 0 Å². The number of piperidine rings is 1. The van der Waals surface area contributed by atoms with Crippen molar-refractivity contribution in [3.63, 3.8) is 0 Å². The topological polar surface area (TPSA) is 38.1 Å². The van der Waals surface area contributed by atoms with Gasteiger partial charge in [0.25, 0.3) is 0 Å². The third-order valence-electron chi connectivity index (χ3n) is 4.37. The number of amides is 1. The normalized spacial score (nSPS) is 19.4. The summed E-state index contributed by atoms with van der Waals surface area (Å²) in [5, 5.41) is 0. The molecule has 1 fully saturated rings. The van der Waals surface area contributed by atoms with E-state index in [1.165, 1.54) is 5.52 Å². The summed E-state index contributed by atoms with van der Waals surface area (Å²) in [6, 6.07) is 8.68. The number of hydrogen-bond donors (Lipinski definition) is 0. The van der Waals surface area contributed by atoms with Crippen LogP contribution in [0.4, 0.5) is 0 Å². The molecule has 21 heavy (non-hydrogen) atoms. The Morgan fingerprint density at radius 2 is 2.10 bits per heavy atom. The Kier molecular flexibility index (Phi) is 3.70. The van der Waals surface area contributed by atoms with Crippen molar-refractivity contribution in [1.29, 1.82) is 0 Å². The van der Waals surface area contributed by atoms with Gasteiger partial charge in [-0.3, -0.25) is 4.79 Å². The summed E-state index contributed by atoms with van der Waals surface area (Å²) in [6.45, 7) is 7.74. The molecule has 1 aromatic heterocycles. The predicted molar refractivity (Wildman–Crippen MR) is 84.3 cm³/mol. The molecule has 1 unspecified atom stereocenters. The van der Waals surface area contributed by atoms with Gasteiger partial charge < -0.3 is 9.47 Å². The van der Waals surface area contributed by atoms with E-state index in [0.717, 1.165) is 37.3 Å². The van der Waals surface area contributed by atoms with Gasteiger partial charge in [0, 0.05) is 32.0 Å². The Labute approximate surface area is 125 Å². The number of para-hydroxylation sites is 2. The number of nitrogens with zero attached hydrogens (tertiary/aromatic N) is 3. The minimum absolute atomic E-state index is 0.173. The molecule has 0 aliphatic carbocycles. The first-order valence-electron chi connectivity index (χ1n) is 7.80. The van der Waals surface area contributed by atoms with E-state index >= 15 is 0 Å². The third kappa shape index (κ3) is 2.55. The van der Waals surface area contributed by atoms with Crippen LogP contribution in [0, 0.1) is 0 Å². The predicted octanol–water partition coefficient (Wildman–Crippen LogP) is 3.34. The van der Waals surface area contributed by atoms with E-state index in [2.05, 4.69) is 36.6 Å². The molecular formula is C17H23N3O. The maximum Gasteiger partial charge on any atom is 0.219 e. The second-order valence-corrected chi connectivity index (χ2v) is 6.23. The Morgan fingerprint density at radius 3 is 2.81 bits per heavy atom. The lowest BCUT2D eigenvalue weighted by Gasteiger charge is -2.32. The zero-order valence-electron chi connectivity index (χ0n) is 13.0. The van der Waals surface area contributed by atoms with Gasteiger partial charge in [-0.1, -0.05) is 12.1 Å². The molecule has 4 nitrogen and oxygen atoms in total. The van der Waals surface area contributed by atoms with E-state index in [-0.39, 0.29) is 5.91 Å². The fourth-order valence-corrected chi connectivity index (χ4v) is 3.37. The van der Waals surface area contributed by atoms with Crippen molar-refractivity contribution in [2.45, 2.75) is 45.6 Å². The van der Waals surface area contributed by atoms with Gasteiger partial charge in [-0.25, -0.2) is 4.98 Å². The van der Waals surface area contributed by atoms with Crippen LogP contribution in [0.5, 0.6) is 0 Å². The first-order chi connectivity index (χ1) is 10.1. The van der Waals surface area contributed by atoms with Crippen LogP contribution in [0.3, 0.4) is 0 Å². The summed E-state index contributed by atoms with van der Waals surface area (Å²) in [5.41, 5.74) is 2.25. The van der Waals surface area contributed by atoms with Crippen molar-refractivity contribution < 1.29 is 4.79 Å². The van der Waals surface area contributed by atoms with Crippen LogP contribution >= 0.6 is 0 Å². The highest BCUT2D eigenvalue weighted by Crippen LogP contribution is 2.31. The molecule has 0 saturated carbocycles. The molecule has 1 aromatic carbocycles. The second-order valence-electron chi connectivity index (χ2n) is 6.23. The number of hydrogen-bond acceptors (Lipinski definition) is 2. The highest BCUT2D eigenvalue weighted by Gasteiger charge is 2.27. The van der Waals surface area contributed by atoms with Gasteiger partial charge in [-0.05, 0) is 38.8 Å². The fourth-order valence-electron chi connectivity index (χ4n) is 3.37. The number of aromatic nitrogens is 2. The molecule has 0 bridgehead atoms. The average Bonchev–Trinajstić information content (AvgIpc) is 2.87. The molecule has 0 spiro atoms. The number of fused-ring (bicyclic) bond motifs is 1.